The largest absolute Gasteiger partial charge is 0.380 e. The lowest BCUT2D eigenvalue weighted by Gasteiger charge is -2.28. The van der Waals surface area contributed by atoms with Crippen LogP contribution < -0.4 is 10.6 Å². The summed E-state index contributed by atoms with van der Waals surface area (Å²) in [7, 11) is 0. The Morgan fingerprint density at radius 3 is 2.78 bits per heavy atom. The second-order valence-corrected chi connectivity index (χ2v) is 10.9. The zero-order valence-corrected chi connectivity index (χ0v) is 21.0. The molecule has 36 heavy (non-hydrogen) atoms. The Morgan fingerprint density at radius 1 is 1.19 bits per heavy atom. The van der Waals surface area contributed by atoms with Gasteiger partial charge in [0.25, 0.3) is 0 Å². The monoisotopic (exact) mass is 486 g/mol. The van der Waals surface area contributed by atoms with Crippen LogP contribution in [0.3, 0.4) is 0 Å². The first-order chi connectivity index (χ1) is 17.4. The number of likely N-dealkylation sites (N-methyl/N-ethyl adjacent to an activating group) is 1. The number of nitrogens with one attached hydrogen (secondary N) is 3. The molecule has 1 spiro atoms. The summed E-state index contributed by atoms with van der Waals surface area (Å²) in [5.41, 5.74) is 5.32. The third-order valence-electron chi connectivity index (χ3n) is 8.63. The van der Waals surface area contributed by atoms with Crippen LogP contribution in [0.4, 0.5) is 0 Å². The van der Waals surface area contributed by atoms with E-state index in [1.54, 1.807) is 6.92 Å². The number of imidazole rings is 1. The summed E-state index contributed by atoms with van der Waals surface area (Å²) in [6, 6.07) is 14.3. The molecule has 3 aromatic rings. The predicted molar refractivity (Wildman–Crippen MR) is 138 cm³/mol. The van der Waals surface area contributed by atoms with Crippen molar-refractivity contribution in [1.82, 2.24) is 20.6 Å². The Balaban J connectivity index is 1.27. The second kappa shape index (κ2) is 8.73. The van der Waals surface area contributed by atoms with Gasteiger partial charge in [0.15, 0.2) is 0 Å². The number of rotatable bonds is 7. The van der Waals surface area contributed by atoms with Crippen LogP contribution in [0.5, 0.6) is 0 Å². The number of carbonyl (C=O) groups is 2. The van der Waals surface area contributed by atoms with Crippen molar-refractivity contribution in [2.45, 2.75) is 63.3 Å². The summed E-state index contributed by atoms with van der Waals surface area (Å²) in [6.45, 7) is 4.92. The Bertz CT molecular complexity index is 1320. The normalized spacial score (nSPS) is 24.6. The van der Waals surface area contributed by atoms with Crippen molar-refractivity contribution in [2.75, 3.05) is 19.8 Å². The number of benzene rings is 2. The number of H-pyrrole nitrogens is 1. The highest BCUT2D eigenvalue weighted by molar-refractivity contribution is 5.94. The van der Waals surface area contributed by atoms with E-state index in [1.807, 2.05) is 25.1 Å². The first-order valence-corrected chi connectivity index (χ1v) is 13.2. The molecule has 2 aromatic carbocycles. The molecule has 2 heterocycles. The lowest BCUT2D eigenvalue weighted by atomic mass is 9.78. The van der Waals surface area contributed by atoms with Crippen LogP contribution in [0, 0.1) is 5.41 Å². The van der Waals surface area contributed by atoms with E-state index < -0.39 is 11.5 Å². The van der Waals surface area contributed by atoms with Gasteiger partial charge in [0.1, 0.15) is 11.9 Å². The topological polar surface area (TPSA) is 96.1 Å². The Morgan fingerprint density at radius 2 is 2.03 bits per heavy atom. The molecule has 0 radical (unpaired) electrons. The zero-order valence-electron chi connectivity index (χ0n) is 21.0. The Kier molecular flexibility index (Phi) is 5.63. The molecule has 188 valence electrons. The average Bonchev–Trinajstić information content (AvgIpc) is 3.22. The number of aromatic amines is 1. The second-order valence-electron chi connectivity index (χ2n) is 10.9. The van der Waals surface area contributed by atoms with Crippen LogP contribution in [0.25, 0.3) is 11.0 Å². The van der Waals surface area contributed by atoms with E-state index in [9.17, 15) is 9.59 Å². The molecular formula is C29H34N4O3. The molecular weight excluding hydrogens is 452 g/mol. The zero-order chi connectivity index (χ0) is 24.9. The maximum Gasteiger partial charge on any atom is 0.242 e. The lowest BCUT2D eigenvalue weighted by Crippen LogP contribution is -2.52. The van der Waals surface area contributed by atoms with Gasteiger partial charge >= 0.3 is 0 Å². The highest BCUT2D eigenvalue weighted by Crippen LogP contribution is 2.63. The fourth-order valence-corrected chi connectivity index (χ4v) is 6.36. The smallest absolute Gasteiger partial charge is 0.242 e. The van der Waals surface area contributed by atoms with Crippen LogP contribution in [0.15, 0.2) is 42.5 Å². The summed E-state index contributed by atoms with van der Waals surface area (Å²) in [4.78, 5) is 34.2. The molecule has 2 fully saturated rings. The molecule has 2 amide bonds. The molecule has 1 saturated carbocycles. The number of hydrogen-bond acceptors (Lipinski definition) is 4. The summed E-state index contributed by atoms with van der Waals surface area (Å²) < 4.78 is 5.71. The number of amides is 2. The summed E-state index contributed by atoms with van der Waals surface area (Å²) in [5.74, 6) is 1.15. The van der Waals surface area contributed by atoms with Gasteiger partial charge in [-0.3, -0.25) is 9.59 Å². The first-order valence-electron chi connectivity index (χ1n) is 13.2. The first kappa shape index (κ1) is 23.2. The summed E-state index contributed by atoms with van der Waals surface area (Å²) >= 11 is 0. The van der Waals surface area contributed by atoms with Crippen molar-refractivity contribution in [1.29, 1.82) is 0 Å². The van der Waals surface area contributed by atoms with Gasteiger partial charge < -0.3 is 20.4 Å². The van der Waals surface area contributed by atoms with Gasteiger partial charge in [-0.15, -0.1) is 0 Å². The quantitative estimate of drug-likeness (QED) is 0.476. The number of hydrogen-bond donors (Lipinski definition) is 3. The molecule has 0 bridgehead atoms. The van der Waals surface area contributed by atoms with E-state index in [2.05, 4.69) is 39.9 Å². The maximum absolute atomic E-state index is 13.5. The standard InChI is InChI=1S/C29H34N4O3/c1-3-30-26(34)18(2)31-27(35)29(12-13-36-17-29)20-8-9-23-24(14-20)33-25(32-23)15-22-21-7-5-4-6-19(21)16-28(22)10-11-28/h4-9,14,18,22H,3,10-13,15-17H2,1-2H3,(H,30,34)(H,31,35)(H,32,33)/t18-,22+,29?/m1/s1. The van der Waals surface area contributed by atoms with E-state index in [-0.39, 0.29) is 11.8 Å². The molecule has 3 aliphatic rings. The van der Waals surface area contributed by atoms with E-state index in [0.29, 0.717) is 37.5 Å². The minimum absolute atomic E-state index is 0.170. The van der Waals surface area contributed by atoms with Gasteiger partial charge in [0, 0.05) is 19.6 Å². The minimum Gasteiger partial charge on any atom is -0.380 e. The maximum atomic E-state index is 13.5. The molecule has 1 aromatic heterocycles. The fourth-order valence-electron chi connectivity index (χ4n) is 6.36. The molecule has 7 heteroatoms. The van der Waals surface area contributed by atoms with Crippen LogP contribution in [0.2, 0.25) is 0 Å². The van der Waals surface area contributed by atoms with Crippen molar-refractivity contribution in [3.05, 3.63) is 65.0 Å². The van der Waals surface area contributed by atoms with Crippen LogP contribution >= 0.6 is 0 Å². The van der Waals surface area contributed by atoms with Crippen molar-refractivity contribution < 1.29 is 14.3 Å². The number of fused-ring (bicyclic) bond motifs is 2. The molecule has 3 atom stereocenters. The van der Waals surface area contributed by atoms with Gasteiger partial charge in [-0.1, -0.05) is 30.3 Å². The van der Waals surface area contributed by atoms with Crippen LogP contribution in [-0.4, -0.2) is 47.6 Å². The molecule has 6 rings (SSSR count). The molecule has 3 N–H and O–H groups in total. The van der Waals surface area contributed by atoms with Gasteiger partial charge in [-0.25, -0.2) is 4.98 Å². The van der Waals surface area contributed by atoms with Gasteiger partial charge in [0.05, 0.1) is 23.1 Å². The van der Waals surface area contributed by atoms with Crippen molar-refractivity contribution >= 4 is 22.8 Å². The van der Waals surface area contributed by atoms with Crippen molar-refractivity contribution in [3.63, 3.8) is 0 Å². The molecule has 2 aliphatic carbocycles. The molecule has 1 aliphatic heterocycles. The number of carbonyl (C=O) groups excluding carboxylic acids is 2. The van der Waals surface area contributed by atoms with Gasteiger partial charge in [0.2, 0.25) is 11.8 Å². The minimum atomic E-state index is -0.817. The average molecular weight is 487 g/mol. The van der Waals surface area contributed by atoms with Gasteiger partial charge in [-0.05, 0) is 79.7 Å². The van der Waals surface area contributed by atoms with Gasteiger partial charge in [-0.2, -0.15) is 0 Å². The Hall–Kier alpha value is -3.19. The lowest BCUT2D eigenvalue weighted by molar-refractivity contribution is -0.132. The third kappa shape index (κ3) is 3.81. The van der Waals surface area contributed by atoms with Crippen molar-refractivity contribution in [3.8, 4) is 0 Å². The summed E-state index contributed by atoms with van der Waals surface area (Å²) in [5, 5.41) is 5.68. The number of nitrogens with zero attached hydrogens (tertiary/aromatic N) is 1. The Labute approximate surface area is 211 Å². The highest BCUT2D eigenvalue weighted by atomic mass is 16.5. The van der Waals surface area contributed by atoms with Crippen molar-refractivity contribution in [2.24, 2.45) is 5.41 Å². The van der Waals surface area contributed by atoms with E-state index >= 15 is 0 Å². The summed E-state index contributed by atoms with van der Waals surface area (Å²) in [6.07, 6.45) is 5.26. The molecule has 1 unspecified atom stereocenters. The van der Waals surface area contributed by atoms with Crippen LogP contribution in [-0.2, 0) is 32.6 Å². The predicted octanol–water partition coefficient (Wildman–Crippen LogP) is 3.52. The molecule has 7 nitrogen and oxygen atoms in total. The third-order valence-corrected chi connectivity index (χ3v) is 8.63. The fraction of sp³-hybridized carbons (Fsp3) is 0.483. The molecule has 1 saturated heterocycles. The van der Waals surface area contributed by atoms with E-state index in [4.69, 9.17) is 9.72 Å². The SMILES string of the molecule is CCNC(=O)[C@@H](C)NC(=O)C1(c2ccc3nc(C[C@H]4c5ccccc5CC45CC5)[nH]c3c2)CCOC1. The number of aromatic nitrogens is 2. The van der Waals surface area contributed by atoms with Crippen LogP contribution in [0.1, 0.15) is 61.5 Å². The number of ether oxygens (including phenoxy) is 1. The van der Waals surface area contributed by atoms with E-state index in [0.717, 1.165) is 28.8 Å². The van der Waals surface area contributed by atoms with E-state index in [1.165, 1.54) is 30.4 Å². The highest BCUT2D eigenvalue weighted by Gasteiger charge is 2.54.